The molecule has 2 heterocycles. The Morgan fingerprint density at radius 3 is 2.52 bits per heavy atom. The van der Waals surface area contributed by atoms with E-state index in [0.717, 1.165) is 24.8 Å². The van der Waals surface area contributed by atoms with Crippen molar-refractivity contribution in [2.45, 2.75) is 78.0 Å². The number of nitrogens with one attached hydrogen (secondary N) is 1. The summed E-state index contributed by atoms with van der Waals surface area (Å²) in [4.78, 5) is 30.1. The lowest BCUT2D eigenvalue weighted by Crippen LogP contribution is -2.45. The molecular formula is C21H33N3O3. The van der Waals surface area contributed by atoms with Crippen LogP contribution in [0.15, 0.2) is 24.5 Å². The standard InChI is InChI=1S/C21H33N3O3/c1-15(25)23-18(17-9-11-22-12-10-17)8-7-16-13-21(5,6)24(14-16)19(26)27-20(2,3)4/h9-12,16,18H,7-8,13-14H2,1-6H3,(H,23,25)/t16-,18?/m0/s1. The summed E-state index contributed by atoms with van der Waals surface area (Å²) in [5, 5.41) is 3.03. The number of carbonyl (C=O) groups is 2. The van der Waals surface area contributed by atoms with Gasteiger partial charge < -0.3 is 15.0 Å². The first-order chi connectivity index (χ1) is 12.5. The van der Waals surface area contributed by atoms with Crippen molar-refractivity contribution in [1.29, 1.82) is 0 Å². The van der Waals surface area contributed by atoms with Crippen molar-refractivity contribution < 1.29 is 14.3 Å². The minimum atomic E-state index is -0.497. The first kappa shape index (κ1) is 21.2. The second-order valence-corrected chi connectivity index (χ2v) is 9.08. The average molecular weight is 376 g/mol. The summed E-state index contributed by atoms with van der Waals surface area (Å²) < 4.78 is 5.58. The Hall–Kier alpha value is -2.11. The largest absolute Gasteiger partial charge is 0.444 e. The number of rotatable bonds is 5. The van der Waals surface area contributed by atoms with Crippen LogP contribution >= 0.6 is 0 Å². The van der Waals surface area contributed by atoms with E-state index in [-0.39, 0.29) is 23.6 Å². The lowest BCUT2D eigenvalue weighted by molar-refractivity contribution is -0.119. The summed E-state index contributed by atoms with van der Waals surface area (Å²) in [5.74, 6) is 0.338. The van der Waals surface area contributed by atoms with Crippen LogP contribution in [-0.2, 0) is 9.53 Å². The number of aromatic nitrogens is 1. The molecule has 6 nitrogen and oxygen atoms in total. The maximum Gasteiger partial charge on any atom is 0.410 e. The normalized spacial score (nSPS) is 20.2. The molecule has 1 fully saturated rings. The Bertz CT molecular complexity index is 652. The number of carbonyl (C=O) groups excluding carboxylic acids is 2. The van der Waals surface area contributed by atoms with Crippen molar-refractivity contribution in [2.24, 2.45) is 5.92 Å². The summed E-state index contributed by atoms with van der Waals surface area (Å²) in [5.41, 5.74) is 0.331. The number of likely N-dealkylation sites (tertiary alicyclic amines) is 1. The van der Waals surface area contributed by atoms with Gasteiger partial charge in [0.15, 0.2) is 0 Å². The molecule has 0 saturated carbocycles. The molecule has 0 aromatic carbocycles. The molecule has 150 valence electrons. The van der Waals surface area contributed by atoms with Gasteiger partial charge in [-0.15, -0.1) is 0 Å². The molecule has 0 bridgehead atoms. The van der Waals surface area contributed by atoms with Gasteiger partial charge >= 0.3 is 6.09 Å². The van der Waals surface area contributed by atoms with Crippen LogP contribution < -0.4 is 5.32 Å². The first-order valence-electron chi connectivity index (χ1n) is 9.65. The van der Waals surface area contributed by atoms with E-state index >= 15 is 0 Å². The van der Waals surface area contributed by atoms with Crippen molar-refractivity contribution in [2.75, 3.05) is 6.54 Å². The molecule has 6 heteroatoms. The van der Waals surface area contributed by atoms with Gasteiger partial charge in [-0.05, 0) is 77.5 Å². The topological polar surface area (TPSA) is 71.5 Å². The highest BCUT2D eigenvalue weighted by molar-refractivity contribution is 5.73. The molecule has 0 radical (unpaired) electrons. The predicted octanol–water partition coefficient (Wildman–Crippen LogP) is 4.07. The molecule has 1 N–H and O–H groups in total. The highest BCUT2D eigenvalue weighted by Gasteiger charge is 2.42. The third kappa shape index (κ3) is 6.22. The average Bonchev–Trinajstić information content (AvgIpc) is 2.85. The predicted molar refractivity (Wildman–Crippen MR) is 105 cm³/mol. The third-order valence-corrected chi connectivity index (χ3v) is 4.92. The molecule has 1 aromatic heterocycles. The lowest BCUT2D eigenvalue weighted by atomic mass is 9.91. The Kier molecular flexibility index (Phi) is 6.50. The second kappa shape index (κ2) is 8.28. The zero-order valence-electron chi connectivity index (χ0n) is 17.4. The third-order valence-electron chi connectivity index (χ3n) is 4.92. The van der Waals surface area contributed by atoms with Crippen LogP contribution in [0.2, 0.25) is 0 Å². The summed E-state index contributed by atoms with van der Waals surface area (Å²) in [6.07, 6.45) is 5.92. The van der Waals surface area contributed by atoms with Crippen LogP contribution in [0.1, 0.15) is 72.4 Å². The quantitative estimate of drug-likeness (QED) is 0.842. The molecule has 0 aliphatic carbocycles. The van der Waals surface area contributed by atoms with Crippen molar-refractivity contribution >= 4 is 12.0 Å². The number of ether oxygens (including phenoxy) is 1. The van der Waals surface area contributed by atoms with Crippen molar-refractivity contribution in [3.05, 3.63) is 30.1 Å². The van der Waals surface area contributed by atoms with E-state index in [0.29, 0.717) is 12.5 Å². The van der Waals surface area contributed by atoms with Gasteiger partial charge in [0.1, 0.15) is 5.60 Å². The van der Waals surface area contributed by atoms with E-state index in [1.807, 2.05) is 37.8 Å². The summed E-state index contributed by atoms with van der Waals surface area (Å²) in [6, 6.07) is 3.84. The molecule has 2 atom stereocenters. The minimum absolute atomic E-state index is 0.0378. The van der Waals surface area contributed by atoms with Crippen LogP contribution in [-0.4, -0.2) is 39.6 Å². The van der Waals surface area contributed by atoms with Gasteiger partial charge in [0.05, 0.1) is 6.04 Å². The van der Waals surface area contributed by atoms with Gasteiger partial charge in [0, 0.05) is 31.4 Å². The molecule has 2 rings (SSSR count). The van der Waals surface area contributed by atoms with Crippen LogP contribution in [0.4, 0.5) is 4.79 Å². The van der Waals surface area contributed by atoms with Gasteiger partial charge in [-0.2, -0.15) is 0 Å². The van der Waals surface area contributed by atoms with Gasteiger partial charge in [-0.25, -0.2) is 4.79 Å². The highest BCUT2D eigenvalue weighted by Crippen LogP contribution is 2.37. The SMILES string of the molecule is CC(=O)NC(CC[C@@H]1CN(C(=O)OC(C)(C)C)C(C)(C)C1)c1ccncc1. The maximum atomic E-state index is 12.6. The van der Waals surface area contributed by atoms with Crippen LogP contribution in [0.5, 0.6) is 0 Å². The van der Waals surface area contributed by atoms with Crippen LogP contribution in [0.3, 0.4) is 0 Å². The number of hydrogen-bond donors (Lipinski definition) is 1. The molecule has 0 spiro atoms. The molecule has 1 aliphatic rings. The fraction of sp³-hybridized carbons (Fsp3) is 0.667. The molecule has 1 aliphatic heterocycles. The number of pyridine rings is 1. The zero-order chi connectivity index (χ0) is 20.2. The van der Waals surface area contributed by atoms with E-state index < -0.39 is 5.60 Å². The van der Waals surface area contributed by atoms with Crippen molar-refractivity contribution in [1.82, 2.24) is 15.2 Å². The van der Waals surface area contributed by atoms with Crippen LogP contribution in [0.25, 0.3) is 0 Å². The highest BCUT2D eigenvalue weighted by atomic mass is 16.6. The van der Waals surface area contributed by atoms with Gasteiger partial charge in [0.2, 0.25) is 5.91 Å². The Balaban J connectivity index is 2.00. The Morgan fingerprint density at radius 2 is 1.96 bits per heavy atom. The van der Waals surface area contributed by atoms with E-state index in [2.05, 4.69) is 24.1 Å². The number of hydrogen-bond acceptors (Lipinski definition) is 4. The van der Waals surface area contributed by atoms with Crippen molar-refractivity contribution in [3.8, 4) is 0 Å². The van der Waals surface area contributed by atoms with Crippen molar-refractivity contribution in [3.63, 3.8) is 0 Å². The smallest absolute Gasteiger partial charge is 0.410 e. The van der Waals surface area contributed by atoms with E-state index in [9.17, 15) is 9.59 Å². The molecule has 27 heavy (non-hydrogen) atoms. The molecule has 2 amide bonds. The lowest BCUT2D eigenvalue weighted by Gasteiger charge is -2.33. The fourth-order valence-corrected chi connectivity index (χ4v) is 3.78. The Labute approximate surface area is 162 Å². The van der Waals surface area contributed by atoms with E-state index in [4.69, 9.17) is 4.74 Å². The zero-order valence-corrected chi connectivity index (χ0v) is 17.4. The molecule has 1 unspecified atom stereocenters. The molecular weight excluding hydrogens is 342 g/mol. The molecule has 1 saturated heterocycles. The maximum absolute atomic E-state index is 12.6. The summed E-state index contributed by atoms with van der Waals surface area (Å²) in [7, 11) is 0. The van der Waals surface area contributed by atoms with Gasteiger partial charge in [0.25, 0.3) is 0 Å². The fourth-order valence-electron chi connectivity index (χ4n) is 3.78. The second-order valence-electron chi connectivity index (χ2n) is 9.08. The van der Waals surface area contributed by atoms with Gasteiger partial charge in [-0.1, -0.05) is 0 Å². The number of amides is 2. The minimum Gasteiger partial charge on any atom is -0.444 e. The summed E-state index contributed by atoms with van der Waals surface area (Å²) in [6.45, 7) is 12.1. The molecule has 1 aromatic rings. The van der Waals surface area contributed by atoms with E-state index in [1.165, 1.54) is 6.92 Å². The monoisotopic (exact) mass is 375 g/mol. The van der Waals surface area contributed by atoms with E-state index in [1.54, 1.807) is 12.4 Å². The van der Waals surface area contributed by atoms with Crippen LogP contribution in [0, 0.1) is 5.92 Å². The summed E-state index contributed by atoms with van der Waals surface area (Å²) >= 11 is 0. The van der Waals surface area contributed by atoms with Gasteiger partial charge in [-0.3, -0.25) is 9.78 Å². The number of nitrogens with zero attached hydrogens (tertiary/aromatic N) is 2. The first-order valence-corrected chi connectivity index (χ1v) is 9.65. The Morgan fingerprint density at radius 1 is 1.33 bits per heavy atom.